The third kappa shape index (κ3) is 6.06. The Bertz CT molecular complexity index is 1270. The summed E-state index contributed by atoms with van der Waals surface area (Å²) >= 11 is 0. The topological polar surface area (TPSA) is 71.3 Å². The Morgan fingerprint density at radius 2 is 1.81 bits per heavy atom. The Labute approximate surface area is 214 Å². The molecule has 5 nitrogen and oxygen atoms in total. The highest BCUT2D eigenvalue weighted by molar-refractivity contribution is 6.03. The minimum absolute atomic E-state index is 0.0634. The molecule has 1 heterocycles. The third-order valence-corrected chi connectivity index (χ3v) is 7.13. The number of carboxylic acid groups (broad SMARTS) is 1. The number of nitrogens with zero attached hydrogens (tertiary/aromatic N) is 1. The molecule has 1 aliphatic rings. The van der Waals surface area contributed by atoms with E-state index in [0.29, 0.717) is 5.69 Å². The number of aromatic nitrogens is 1. The number of amides is 1. The Balaban J connectivity index is 1.54. The summed E-state index contributed by atoms with van der Waals surface area (Å²) in [5.74, 6) is -3.08. The highest BCUT2D eigenvalue weighted by Crippen LogP contribution is 2.51. The fourth-order valence-corrected chi connectivity index (χ4v) is 4.91. The van der Waals surface area contributed by atoms with Crippen molar-refractivity contribution >= 4 is 17.6 Å². The molecule has 2 N–H and O–H groups in total. The van der Waals surface area contributed by atoms with E-state index < -0.39 is 35.5 Å². The van der Waals surface area contributed by atoms with Gasteiger partial charge in [-0.05, 0) is 86.4 Å². The first kappa shape index (κ1) is 26.5. The Hall–Kier alpha value is -3.55. The van der Waals surface area contributed by atoms with Crippen molar-refractivity contribution in [3.8, 4) is 0 Å². The highest BCUT2D eigenvalue weighted by Gasteiger charge is 2.48. The fourth-order valence-electron chi connectivity index (χ4n) is 4.91. The normalized spacial score (nSPS) is 17.9. The molecule has 8 heteroatoms. The number of alkyl halides is 3. The number of benzene rings is 2. The van der Waals surface area contributed by atoms with Crippen LogP contribution in [-0.4, -0.2) is 21.6 Å². The molecule has 3 aromatic rings. The largest absolute Gasteiger partial charge is 0.481 e. The molecule has 0 bridgehead atoms. The van der Waals surface area contributed by atoms with Crippen LogP contribution < -0.4 is 5.32 Å². The van der Waals surface area contributed by atoms with Gasteiger partial charge in [0.25, 0.3) is 5.91 Å². The minimum atomic E-state index is -4.61. The molecule has 0 saturated heterocycles. The van der Waals surface area contributed by atoms with Gasteiger partial charge in [0.2, 0.25) is 0 Å². The van der Waals surface area contributed by atoms with Crippen molar-refractivity contribution in [2.75, 3.05) is 5.32 Å². The average molecular weight is 513 g/mol. The van der Waals surface area contributed by atoms with Gasteiger partial charge in [0.1, 0.15) is 5.69 Å². The first-order chi connectivity index (χ1) is 17.6. The second kappa shape index (κ2) is 10.8. The van der Waals surface area contributed by atoms with Crippen molar-refractivity contribution in [1.29, 1.82) is 0 Å². The summed E-state index contributed by atoms with van der Waals surface area (Å²) in [4.78, 5) is 24.6. The van der Waals surface area contributed by atoms with Gasteiger partial charge in [0.05, 0.1) is 11.5 Å². The molecule has 1 saturated carbocycles. The van der Waals surface area contributed by atoms with Crippen molar-refractivity contribution in [3.63, 3.8) is 0 Å². The molecule has 0 spiro atoms. The molecule has 0 aliphatic heterocycles. The first-order valence-corrected chi connectivity index (χ1v) is 12.6. The molecule has 1 aliphatic carbocycles. The van der Waals surface area contributed by atoms with Crippen LogP contribution in [0.15, 0.2) is 60.7 Å². The molecule has 1 aromatic heterocycles. The molecule has 37 heavy (non-hydrogen) atoms. The van der Waals surface area contributed by atoms with Crippen LogP contribution in [0, 0.1) is 5.92 Å². The lowest BCUT2D eigenvalue weighted by atomic mass is 10.0. The number of carbonyl (C=O) groups excluding carboxylic acids is 1. The van der Waals surface area contributed by atoms with E-state index in [1.54, 1.807) is 6.07 Å². The van der Waals surface area contributed by atoms with Gasteiger partial charge < -0.3 is 15.0 Å². The molecular weight excluding hydrogens is 481 g/mol. The van der Waals surface area contributed by atoms with Gasteiger partial charge in [-0.2, -0.15) is 13.2 Å². The SMILES string of the molecule is CC[C@H](C)n1c(CCCc2ccccc2)ccc1C(=O)Nc1ccc(C(F)(F)F)c([C@H]2C[C@@H]2C(=O)O)c1. The van der Waals surface area contributed by atoms with E-state index in [1.165, 1.54) is 17.7 Å². The van der Waals surface area contributed by atoms with Gasteiger partial charge in [-0.25, -0.2) is 0 Å². The standard InChI is InChI=1S/C29H31F3N2O3/c1-3-18(2)34-21(11-7-10-19-8-5-4-6-9-19)13-15-26(34)27(35)33-20-12-14-25(29(30,31)32)23(16-20)22-17-24(22)28(36)37/h4-6,8-9,12-16,18,22,24H,3,7,10-11,17H2,1-2H3,(H,33,35)(H,36,37)/t18-,22+,24-/m0/s1. The van der Waals surface area contributed by atoms with E-state index in [2.05, 4.69) is 17.4 Å². The van der Waals surface area contributed by atoms with Crippen LogP contribution in [0.1, 0.15) is 77.9 Å². The first-order valence-electron chi connectivity index (χ1n) is 12.6. The van der Waals surface area contributed by atoms with Gasteiger partial charge in [0.15, 0.2) is 0 Å². The van der Waals surface area contributed by atoms with Crippen molar-refractivity contribution in [2.45, 2.75) is 64.1 Å². The lowest BCUT2D eigenvalue weighted by molar-refractivity contribution is -0.140. The van der Waals surface area contributed by atoms with E-state index >= 15 is 0 Å². The number of anilines is 1. The van der Waals surface area contributed by atoms with Crippen LogP contribution >= 0.6 is 0 Å². The summed E-state index contributed by atoms with van der Waals surface area (Å²) in [5, 5.41) is 12.0. The zero-order valence-electron chi connectivity index (χ0n) is 20.9. The number of carbonyl (C=O) groups is 2. The maximum Gasteiger partial charge on any atom is 0.416 e. The summed E-state index contributed by atoms with van der Waals surface area (Å²) in [7, 11) is 0. The molecule has 1 amide bonds. The van der Waals surface area contributed by atoms with E-state index in [-0.39, 0.29) is 23.7 Å². The molecule has 1 fully saturated rings. The van der Waals surface area contributed by atoms with Gasteiger partial charge in [-0.15, -0.1) is 0 Å². The van der Waals surface area contributed by atoms with Crippen LogP contribution in [0.4, 0.5) is 18.9 Å². The van der Waals surface area contributed by atoms with Gasteiger partial charge in [0, 0.05) is 17.4 Å². The van der Waals surface area contributed by atoms with E-state index in [4.69, 9.17) is 0 Å². The molecular formula is C29H31F3N2O3. The summed E-state index contributed by atoms with van der Waals surface area (Å²) in [6.07, 6.45) is -1.03. The van der Waals surface area contributed by atoms with Crippen molar-refractivity contribution in [2.24, 2.45) is 5.92 Å². The van der Waals surface area contributed by atoms with Crippen molar-refractivity contribution in [3.05, 3.63) is 88.7 Å². The second-order valence-corrected chi connectivity index (χ2v) is 9.72. The van der Waals surface area contributed by atoms with Crippen molar-refractivity contribution in [1.82, 2.24) is 4.57 Å². The number of halogens is 3. The summed E-state index contributed by atoms with van der Waals surface area (Å²) in [5.41, 5.74) is 2.00. The second-order valence-electron chi connectivity index (χ2n) is 9.72. The number of aliphatic carboxylic acids is 1. The molecule has 2 aromatic carbocycles. The number of hydrogen-bond acceptors (Lipinski definition) is 2. The number of carboxylic acids is 1. The van der Waals surface area contributed by atoms with Crippen LogP contribution in [0.5, 0.6) is 0 Å². The maximum atomic E-state index is 13.6. The summed E-state index contributed by atoms with van der Waals surface area (Å²) in [6.45, 7) is 4.07. The third-order valence-electron chi connectivity index (χ3n) is 7.13. The molecule has 3 atom stereocenters. The monoisotopic (exact) mass is 512 g/mol. The predicted molar refractivity (Wildman–Crippen MR) is 136 cm³/mol. The lowest BCUT2D eigenvalue weighted by Crippen LogP contribution is -2.21. The lowest BCUT2D eigenvalue weighted by Gasteiger charge is -2.20. The maximum absolute atomic E-state index is 13.6. The Morgan fingerprint density at radius 1 is 1.08 bits per heavy atom. The predicted octanol–water partition coefficient (Wildman–Crippen LogP) is 7.09. The zero-order valence-corrected chi connectivity index (χ0v) is 20.9. The van der Waals surface area contributed by atoms with Gasteiger partial charge >= 0.3 is 12.1 Å². The summed E-state index contributed by atoms with van der Waals surface area (Å²) in [6, 6.07) is 17.4. The highest BCUT2D eigenvalue weighted by atomic mass is 19.4. The Morgan fingerprint density at radius 3 is 2.43 bits per heavy atom. The van der Waals surface area contributed by atoms with Crippen LogP contribution in [0.3, 0.4) is 0 Å². The van der Waals surface area contributed by atoms with Crippen LogP contribution in [0.25, 0.3) is 0 Å². The van der Waals surface area contributed by atoms with Crippen molar-refractivity contribution < 1.29 is 27.9 Å². The fraction of sp³-hybridized carbons (Fsp3) is 0.379. The molecule has 0 unspecified atom stereocenters. The zero-order chi connectivity index (χ0) is 26.7. The van der Waals surface area contributed by atoms with E-state index in [9.17, 15) is 27.9 Å². The Kier molecular flexibility index (Phi) is 7.76. The van der Waals surface area contributed by atoms with E-state index in [0.717, 1.165) is 37.4 Å². The number of rotatable bonds is 10. The average Bonchev–Trinajstić information content (AvgIpc) is 3.56. The molecule has 196 valence electrons. The van der Waals surface area contributed by atoms with Crippen LogP contribution in [-0.2, 0) is 23.8 Å². The van der Waals surface area contributed by atoms with Gasteiger partial charge in [-0.3, -0.25) is 9.59 Å². The molecule has 0 radical (unpaired) electrons. The minimum Gasteiger partial charge on any atom is -0.481 e. The van der Waals surface area contributed by atoms with Crippen LogP contribution in [0.2, 0.25) is 0 Å². The van der Waals surface area contributed by atoms with Gasteiger partial charge in [-0.1, -0.05) is 37.3 Å². The quantitative estimate of drug-likeness (QED) is 0.305. The number of aryl methyl sites for hydroxylation is 2. The molecule has 4 rings (SSSR count). The number of hydrogen-bond donors (Lipinski definition) is 2. The summed E-state index contributed by atoms with van der Waals surface area (Å²) < 4.78 is 42.7. The number of nitrogens with one attached hydrogen (secondary N) is 1. The smallest absolute Gasteiger partial charge is 0.416 e. The van der Waals surface area contributed by atoms with E-state index in [1.807, 2.05) is 42.7 Å².